The highest BCUT2D eigenvalue weighted by Gasteiger charge is 2.24. The van der Waals surface area contributed by atoms with E-state index in [1.165, 1.54) is 0 Å². The summed E-state index contributed by atoms with van der Waals surface area (Å²) in [7, 11) is 1.83. The average molecular weight is 389 g/mol. The third kappa shape index (κ3) is 4.19. The summed E-state index contributed by atoms with van der Waals surface area (Å²) in [4.78, 5) is 22.1. The summed E-state index contributed by atoms with van der Waals surface area (Å²) in [6.07, 6.45) is 2.28. The van der Waals surface area contributed by atoms with Crippen LogP contribution in [-0.4, -0.2) is 49.1 Å². The highest BCUT2D eigenvalue weighted by Crippen LogP contribution is 2.27. The molecule has 5 nitrogen and oxygen atoms in total. The summed E-state index contributed by atoms with van der Waals surface area (Å²) in [5.74, 6) is 1.65. The van der Waals surface area contributed by atoms with Crippen LogP contribution in [0.3, 0.4) is 0 Å². The van der Waals surface area contributed by atoms with Crippen molar-refractivity contribution in [2.75, 3.05) is 38.2 Å². The summed E-state index contributed by atoms with van der Waals surface area (Å²) >= 11 is 0. The van der Waals surface area contributed by atoms with E-state index in [-0.39, 0.29) is 5.91 Å². The molecule has 1 aliphatic heterocycles. The Morgan fingerprint density at radius 3 is 2.62 bits per heavy atom. The highest BCUT2D eigenvalue weighted by atomic mass is 16.5. The SMILES string of the molecule is Cc1ccccc1OCCN(C)C(=O)c1cc2ccccc2nc1N1CCCC1. The van der Waals surface area contributed by atoms with E-state index >= 15 is 0 Å². The number of nitrogens with zero attached hydrogens (tertiary/aromatic N) is 3. The van der Waals surface area contributed by atoms with Gasteiger partial charge in [-0.15, -0.1) is 0 Å². The number of para-hydroxylation sites is 2. The third-order valence-corrected chi connectivity index (χ3v) is 5.46. The third-order valence-electron chi connectivity index (χ3n) is 5.46. The Hall–Kier alpha value is -3.08. The first-order valence-corrected chi connectivity index (χ1v) is 10.2. The summed E-state index contributed by atoms with van der Waals surface area (Å²) < 4.78 is 5.87. The molecule has 5 heteroatoms. The lowest BCUT2D eigenvalue weighted by molar-refractivity contribution is 0.0774. The van der Waals surface area contributed by atoms with Crippen LogP contribution >= 0.6 is 0 Å². The molecule has 0 unspecified atom stereocenters. The van der Waals surface area contributed by atoms with E-state index in [9.17, 15) is 4.79 Å². The predicted octanol–water partition coefficient (Wildman–Crippen LogP) is 4.29. The summed E-state index contributed by atoms with van der Waals surface area (Å²) in [6.45, 7) is 4.89. The Bertz CT molecular complexity index is 1010. The van der Waals surface area contributed by atoms with Crippen molar-refractivity contribution in [2.24, 2.45) is 0 Å². The predicted molar refractivity (Wildman–Crippen MR) is 117 cm³/mol. The Labute approximate surface area is 171 Å². The lowest BCUT2D eigenvalue weighted by Crippen LogP contribution is -2.33. The molecule has 1 saturated heterocycles. The minimum atomic E-state index is -0.0152. The molecule has 0 radical (unpaired) electrons. The maximum atomic E-state index is 13.3. The van der Waals surface area contributed by atoms with Gasteiger partial charge in [0.2, 0.25) is 0 Å². The number of carbonyl (C=O) groups is 1. The molecule has 0 aliphatic carbocycles. The van der Waals surface area contributed by atoms with Crippen LogP contribution in [-0.2, 0) is 0 Å². The van der Waals surface area contributed by atoms with Crippen molar-refractivity contribution in [3.05, 3.63) is 65.7 Å². The first kappa shape index (κ1) is 19.2. The van der Waals surface area contributed by atoms with Crippen molar-refractivity contribution in [3.63, 3.8) is 0 Å². The second-order valence-electron chi connectivity index (χ2n) is 7.59. The maximum Gasteiger partial charge on any atom is 0.257 e. The molecule has 3 aromatic rings. The number of carbonyl (C=O) groups excluding carboxylic acids is 1. The van der Waals surface area contributed by atoms with Gasteiger partial charge in [-0.3, -0.25) is 4.79 Å². The van der Waals surface area contributed by atoms with Crippen molar-refractivity contribution in [1.82, 2.24) is 9.88 Å². The first-order valence-electron chi connectivity index (χ1n) is 10.2. The van der Waals surface area contributed by atoms with Gasteiger partial charge in [-0.05, 0) is 43.5 Å². The molecule has 1 amide bonds. The second-order valence-corrected chi connectivity index (χ2v) is 7.59. The van der Waals surface area contributed by atoms with Gasteiger partial charge in [0, 0.05) is 25.5 Å². The fraction of sp³-hybridized carbons (Fsp3) is 0.333. The van der Waals surface area contributed by atoms with Crippen LogP contribution in [0, 0.1) is 6.92 Å². The topological polar surface area (TPSA) is 45.7 Å². The molecule has 0 spiro atoms. The molecule has 1 aromatic heterocycles. The van der Waals surface area contributed by atoms with Gasteiger partial charge in [-0.1, -0.05) is 36.4 Å². The van der Waals surface area contributed by atoms with Gasteiger partial charge in [0.05, 0.1) is 17.6 Å². The standard InChI is InChI=1S/C24H27N3O2/c1-18-9-3-6-12-22(18)29-16-15-26(2)24(28)20-17-19-10-4-5-11-21(19)25-23(20)27-13-7-8-14-27/h3-6,9-12,17H,7-8,13-16H2,1-2H3. The van der Waals surface area contributed by atoms with Crippen LogP contribution in [0.15, 0.2) is 54.6 Å². The molecule has 0 N–H and O–H groups in total. The Morgan fingerprint density at radius 2 is 1.83 bits per heavy atom. The fourth-order valence-corrected chi connectivity index (χ4v) is 3.75. The zero-order valence-electron chi connectivity index (χ0n) is 17.1. The number of pyridine rings is 1. The van der Waals surface area contributed by atoms with Crippen molar-refractivity contribution < 1.29 is 9.53 Å². The molecule has 4 rings (SSSR count). The van der Waals surface area contributed by atoms with Gasteiger partial charge in [0.25, 0.3) is 5.91 Å². The van der Waals surface area contributed by atoms with Gasteiger partial charge in [-0.25, -0.2) is 4.98 Å². The molecule has 29 heavy (non-hydrogen) atoms. The van der Waals surface area contributed by atoms with Crippen molar-refractivity contribution in [3.8, 4) is 5.75 Å². The molecule has 1 aliphatic rings. The van der Waals surface area contributed by atoms with Gasteiger partial charge in [-0.2, -0.15) is 0 Å². The molecular formula is C24H27N3O2. The number of likely N-dealkylation sites (N-methyl/N-ethyl adjacent to an activating group) is 1. The van der Waals surface area contributed by atoms with Gasteiger partial charge >= 0.3 is 0 Å². The zero-order chi connectivity index (χ0) is 20.2. The van der Waals surface area contributed by atoms with Crippen molar-refractivity contribution in [1.29, 1.82) is 0 Å². The minimum absolute atomic E-state index is 0.0152. The highest BCUT2D eigenvalue weighted by molar-refractivity contribution is 6.02. The Morgan fingerprint density at radius 1 is 1.10 bits per heavy atom. The van der Waals surface area contributed by atoms with Crippen LogP contribution < -0.4 is 9.64 Å². The molecule has 2 heterocycles. The number of fused-ring (bicyclic) bond motifs is 1. The molecule has 2 aromatic carbocycles. The number of anilines is 1. The van der Waals surface area contributed by atoms with Crippen LogP contribution in [0.5, 0.6) is 5.75 Å². The van der Waals surface area contributed by atoms with Gasteiger partial charge in [0.15, 0.2) is 0 Å². The number of aromatic nitrogens is 1. The zero-order valence-corrected chi connectivity index (χ0v) is 17.1. The van der Waals surface area contributed by atoms with E-state index in [1.807, 2.05) is 68.6 Å². The van der Waals surface area contributed by atoms with Crippen molar-refractivity contribution >= 4 is 22.6 Å². The number of rotatable bonds is 6. The van der Waals surface area contributed by atoms with E-state index in [0.717, 1.165) is 54.0 Å². The molecular weight excluding hydrogens is 362 g/mol. The maximum absolute atomic E-state index is 13.3. The summed E-state index contributed by atoms with van der Waals surface area (Å²) in [5, 5.41) is 0.989. The number of benzene rings is 2. The molecule has 0 saturated carbocycles. The number of aryl methyl sites for hydroxylation is 1. The fourth-order valence-electron chi connectivity index (χ4n) is 3.75. The lowest BCUT2D eigenvalue weighted by atomic mass is 10.1. The number of amides is 1. The lowest BCUT2D eigenvalue weighted by Gasteiger charge is -2.24. The quantitative estimate of drug-likeness (QED) is 0.631. The number of ether oxygens (including phenoxy) is 1. The van der Waals surface area contributed by atoms with Crippen LogP contribution in [0.1, 0.15) is 28.8 Å². The smallest absolute Gasteiger partial charge is 0.257 e. The van der Waals surface area contributed by atoms with Crippen LogP contribution in [0.2, 0.25) is 0 Å². The largest absolute Gasteiger partial charge is 0.491 e. The van der Waals surface area contributed by atoms with Crippen LogP contribution in [0.4, 0.5) is 5.82 Å². The molecule has 0 atom stereocenters. The molecule has 0 bridgehead atoms. The Kier molecular flexibility index (Phi) is 5.65. The van der Waals surface area contributed by atoms with Crippen molar-refractivity contribution in [2.45, 2.75) is 19.8 Å². The van der Waals surface area contributed by atoms with E-state index in [0.29, 0.717) is 18.7 Å². The number of hydrogen-bond donors (Lipinski definition) is 0. The van der Waals surface area contributed by atoms with Gasteiger partial charge < -0.3 is 14.5 Å². The van der Waals surface area contributed by atoms with Crippen LogP contribution in [0.25, 0.3) is 10.9 Å². The monoisotopic (exact) mass is 389 g/mol. The molecule has 150 valence electrons. The summed E-state index contributed by atoms with van der Waals surface area (Å²) in [5.41, 5.74) is 2.69. The van der Waals surface area contributed by atoms with E-state index in [4.69, 9.17) is 9.72 Å². The van der Waals surface area contributed by atoms with Gasteiger partial charge in [0.1, 0.15) is 18.2 Å². The molecule has 1 fully saturated rings. The number of hydrogen-bond acceptors (Lipinski definition) is 4. The summed E-state index contributed by atoms with van der Waals surface area (Å²) in [6, 6.07) is 17.9. The second kappa shape index (κ2) is 8.52. The van der Waals surface area contributed by atoms with E-state index in [2.05, 4.69) is 4.90 Å². The minimum Gasteiger partial charge on any atom is -0.491 e. The average Bonchev–Trinajstić information content (AvgIpc) is 3.28. The first-order chi connectivity index (χ1) is 14.1. The van der Waals surface area contributed by atoms with E-state index in [1.54, 1.807) is 4.90 Å². The Balaban J connectivity index is 1.53. The van der Waals surface area contributed by atoms with E-state index < -0.39 is 0 Å². The normalized spacial score (nSPS) is 13.7.